The standard InChI is InChI=1S/C32H27N3O2/c1-23(33-25-13-17-29(18-14-25)36-27-9-5-3-6-10-27)31-21-22-32(35-31)24(2)34-26-15-19-30(20-16-26)37-28-11-7-4-8-12-28/h3-21H,22H2,1-2H3. The molecule has 0 fully saturated rings. The van der Waals surface area contributed by atoms with Crippen LogP contribution in [0.15, 0.2) is 136 Å². The highest BCUT2D eigenvalue weighted by atomic mass is 16.5. The van der Waals surface area contributed by atoms with Gasteiger partial charge in [-0.15, -0.1) is 0 Å². The molecule has 0 aromatic heterocycles. The van der Waals surface area contributed by atoms with Crippen LogP contribution in [0.1, 0.15) is 20.3 Å². The molecule has 182 valence electrons. The van der Waals surface area contributed by atoms with E-state index in [2.05, 4.69) is 6.08 Å². The van der Waals surface area contributed by atoms with E-state index in [1.54, 1.807) is 0 Å². The molecule has 0 bridgehead atoms. The maximum atomic E-state index is 5.86. The molecule has 5 heteroatoms. The fourth-order valence-electron chi connectivity index (χ4n) is 3.82. The van der Waals surface area contributed by atoms with Crippen molar-refractivity contribution in [3.63, 3.8) is 0 Å². The Labute approximate surface area is 217 Å². The van der Waals surface area contributed by atoms with Gasteiger partial charge in [-0.25, -0.2) is 4.99 Å². The number of hydrogen-bond donors (Lipinski definition) is 0. The van der Waals surface area contributed by atoms with Gasteiger partial charge in [-0.2, -0.15) is 0 Å². The van der Waals surface area contributed by atoms with E-state index >= 15 is 0 Å². The van der Waals surface area contributed by atoms with E-state index in [1.807, 2.05) is 123 Å². The first-order valence-electron chi connectivity index (χ1n) is 12.2. The van der Waals surface area contributed by atoms with Gasteiger partial charge in [-0.1, -0.05) is 42.5 Å². The van der Waals surface area contributed by atoms with Crippen molar-refractivity contribution in [1.82, 2.24) is 0 Å². The van der Waals surface area contributed by atoms with E-state index in [-0.39, 0.29) is 0 Å². The first-order chi connectivity index (χ1) is 18.1. The molecule has 0 amide bonds. The third-order valence-corrected chi connectivity index (χ3v) is 5.76. The third kappa shape index (κ3) is 6.47. The lowest BCUT2D eigenvalue weighted by Crippen LogP contribution is -2.06. The molecular formula is C32H27N3O2. The number of rotatable bonds is 8. The topological polar surface area (TPSA) is 55.5 Å². The number of allylic oxidation sites excluding steroid dienone is 2. The zero-order valence-corrected chi connectivity index (χ0v) is 20.8. The van der Waals surface area contributed by atoms with Crippen molar-refractivity contribution >= 4 is 28.5 Å². The summed E-state index contributed by atoms with van der Waals surface area (Å²) in [7, 11) is 0. The summed E-state index contributed by atoms with van der Waals surface area (Å²) in [5.74, 6) is 3.16. The Balaban J connectivity index is 1.21. The molecule has 4 aromatic rings. The Morgan fingerprint density at radius 2 is 1.00 bits per heavy atom. The molecule has 0 unspecified atom stereocenters. The van der Waals surface area contributed by atoms with E-state index in [9.17, 15) is 0 Å². The summed E-state index contributed by atoms with van der Waals surface area (Å²) in [5.41, 5.74) is 5.28. The molecule has 5 rings (SSSR count). The molecule has 0 atom stereocenters. The quantitative estimate of drug-likeness (QED) is 0.234. The van der Waals surface area contributed by atoms with Crippen molar-refractivity contribution in [3.05, 3.63) is 121 Å². The highest BCUT2D eigenvalue weighted by molar-refractivity contribution is 6.43. The Kier molecular flexibility index (Phi) is 7.32. The molecule has 1 heterocycles. The van der Waals surface area contributed by atoms with Gasteiger partial charge in [0, 0.05) is 6.42 Å². The van der Waals surface area contributed by atoms with Gasteiger partial charge in [0.15, 0.2) is 0 Å². The lowest BCUT2D eigenvalue weighted by molar-refractivity contribution is 0.482. The average Bonchev–Trinajstić information content (AvgIpc) is 3.43. The van der Waals surface area contributed by atoms with Crippen LogP contribution in [0.25, 0.3) is 0 Å². The highest BCUT2D eigenvalue weighted by Gasteiger charge is 2.14. The van der Waals surface area contributed by atoms with Gasteiger partial charge in [0.25, 0.3) is 0 Å². The minimum Gasteiger partial charge on any atom is -0.457 e. The van der Waals surface area contributed by atoms with Gasteiger partial charge in [0.05, 0.1) is 34.2 Å². The van der Waals surface area contributed by atoms with Crippen LogP contribution >= 0.6 is 0 Å². The van der Waals surface area contributed by atoms with Crippen LogP contribution < -0.4 is 9.47 Å². The molecule has 0 aliphatic carbocycles. The maximum Gasteiger partial charge on any atom is 0.127 e. The highest BCUT2D eigenvalue weighted by Crippen LogP contribution is 2.26. The van der Waals surface area contributed by atoms with E-state index in [1.165, 1.54) is 0 Å². The van der Waals surface area contributed by atoms with Gasteiger partial charge in [0.2, 0.25) is 0 Å². The number of hydrogen-bond acceptors (Lipinski definition) is 5. The molecule has 1 aliphatic rings. The zero-order chi connectivity index (χ0) is 25.5. The van der Waals surface area contributed by atoms with Gasteiger partial charge in [-0.05, 0) is 86.6 Å². The van der Waals surface area contributed by atoms with Crippen LogP contribution in [-0.4, -0.2) is 17.1 Å². The monoisotopic (exact) mass is 485 g/mol. The summed E-state index contributed by atoms with van der Waals surface area (Å²) >= 11 is 0. The Morgan fingerprint density at radius 1 is 0.568 bits per heavy atom. The van der Waals surface area contributed by atoms with E-state index < -0.39 is 0 Å². The molecule has 0 spiro atoms. The second-order valence-corrected chi connectivity index (χ2v) is 8.56. The van der Waals surface area contributed by atoms with Crippen LogP contribution in [0.4, 0.5) is 11.4 Å². The Hall–Kier alpha value is -4.77. The van der Waals surface area contributed by atoms with Crippen LogP contribution in [0.3, 0.4) is 0 Å². The lowest BCUT2D eigenvalue weighted by atomic mass is 10.2. The first-order valence-corrected chi connectivity index (χ1v) is 12.2. The fourth-order valence-corrected chi connectivity index (χ4v) is 3.82. The summed E-state index contributed by atoms with van der Waals surface area (Å²) < 4.78 is 11.7. The normalized spacial score (nSPS) is 13.7. The summed E-state index contributed by atoms with van der Waals surface area (Å²) in [6, 6.07) is 34.9. The molecule has 4 aromatic carbocycles. The summed E-state index contributed by atoms with van der Waals surface area (Å²) in [6.45, 7) is 3.96. The zero-order valence-electron chi connectivity index (χ0n) is 20.8. The molecule has 0 N–H and O–H groups in total. The van der Waals surface area contributed by atoms with Crippen molar-refractivity contribution in [2.45, 2.75) is 20.3 Å². The van der Waals surface area contributed by atoms with Crippen molar-refractivity contribution in [3.8, 4) is 23.0 Å². The van der Waals surface area contributed by atoms with Crippen molar-refractivity contribution < 1.29 is 9.47 Å². The van der Waals surface area contributed by atoms with Gasteiger partial charge < -0.3 is 9.47 Å². The maximum absolute atomic E-state index is 5.86. The smallest absolute Gasteiger partial charge is 0.127 e. The Morgan fingerprint density at radius 3 is 1.49 bits per heavy atom. The Bertz CT molecular complexity index is 1470. The lowest BCUT2D eigenvalue weighted by Gasteiger charge is -2.06. The predicted molar refractivity (Wildman–Crippen MR) is 152 cm³/mol. The van der Waals surface area contributed by atoms with Crippen molar-refractivity contribution in [2.24, 2.45) is 15.0 Å². The predicted octanol–water partition coefficient (Wildman–Crippen LogP) is 8.88. The molecular weight excluding hydrogens is 458 g/mol. The van der Waals surface area contributed by atoms with Crippen molar-refractivity contribution in [2.75, 3.05) is 0 Å². The van der Waals surface area contributed by atoms with Crippen LogP contribution in [0.2, 0.25) is 0 Å². The summed E-state index contributed by atoms with van der Waals surface area (Å²) in [6.07, 6.45) is 2.83. The third-order valence-electron chi connectivity index (χ3n) is 5.76. The molecule has 0 radical (unpaired) electrons. The van der Waals surface area contributed by atoms with Crippen LogP contribution in [0, 0.1) is 0 Å². The average molecular weight is 486 g/mol. The van der Waals surface area contributed by atoms with Crippen molar-refractivity contribution in [1.29, 1.82) is 0 Å². The largest absolute Gasteiger partial charge is 0.457 e. The van der Waals surface area contributed by atoms with Gasteiger partial charge in [0.1, 0.15) is 23.0 Å². The number of para-hydroxylation sites is 2. The summed E-state index contributed by atoms with van der Waals surface area (Å²) in [5, 5.41) is 0. The fraction of sp³-hybridized carbons (Fsp3) is 0.0938. The SMILES string of the molecule is CC(=Nc1ccc(Oc2ccccc2)cc1)C1=CCC(C(C)=Nc2ccc(Oc3ccccc3)cc2)=N1. The molecule has 0 saturated carbocycles. The second-order valence-electron chi connectivity index (χ2n) is 8.56. The van der Waals surface area contributed by atoms with Crippen LogP contribution in [0.5, 0.6) is 23.0 Å². The number of aliphatic imine (C=N–C) groups is 3. The molecule has 1 aliphatic heterocycles. The van der Waals surface area contributed by atoms with Crippen LogP contribution in [-0.2, 0) is 0 Å². The van der Waals surface area contributed by atoms with E-state index in [0.717, 1.165) is 63.6 Å². The number of benzene rings is 4. The summed E-state index contributed by atoms with van der Waals surface area (Å²) in [4.78, 5) is 14.3. The molecule has 37 heavy (non-hydrogen) atoms. The minimum atomic E-state index is 0.733. The molecule has 5 nitrogen and oxygen atoms in total. The minimum absolute atomic E-state index is 0.733. The number of nitrogens with zero attached hydrogens (tertiary/aromatic N) is 3. The van der Waals surface area contributed by atoms with E-state index in [4.69, 9.17) is 24.5 Å². The van der Waals surface area contributed by atoms with Gasteiger partial charge >= 0.3 is 0 Å². The molecule has 0 saturated heterocycles. The van der Waals surface area contributed by atoms with Gasteiger partial charge in [-0.3, -0.25) is 9.98 Å². The first kappa shape index (κ1) is 23.9. The number of ether oxygens (including phenoxy) is 2. The van der Waals surface area contributed by atoms with E-state index in [0.29, 0.717) is 0 Å². The second kappa shape index (κ2) is 11.3.